The fourth-order valence-electron chi connectivity index (χ4n) is 1.47. The molecule has 8 heteroatoms. The van der Waals surface area contributed by atoms with Gasteiger partial charge in [0.1, 0.15) is 17.7 Å². The Bertz CT molecular complexity index is 555. The molecule has 0 spiro atoms. The first-order valence-electron chi connectivity index (χ1n) is 6.27. The lowest BCUT2D eigenvalue weighted by Crippen LogP contribution is -2.40. The molecular weight excluding hydrogens is 298 g/mol. The number of ether oxygens (including phenoxy) is 2. The van der Waals surface area contributed by atoms with Crippen molar-refractivity contribution in [2.45, 2.75) is 18.9 Å². The third-order valence-electron chi connectivity index (χ3n) is 2.76. The van der Waals surface area contributed by atoms with Gasteiger partial charge in [-0.2, -0.15) is 0 Å². The van der Waals surface area contributed by atoms with Gasteiger partial charge >= 0.3 is 6.09 Å². The van der Waals surface area contributed by atoms with E-state index in [9.17, 15) is 13.2 Å². The van der Waals surface area contributed by atoms with Crippen molar-refractivity contribution in [3.05, 3.63) is 29.8 Å². The van der Waals surface area contributed by atoms with Gasteiger partial charge in [0.15, 0.2) is 9.84 Å². The van der Waals surface area contributed by atoms with Crippen molar-refractivity contribution < 1.29 is 27.8 Å². The van der Waals surface area contributed by atoms with Crippen LogP contribution in [0.5, 0.6) is 5.75 Å². The highest BCUT2D eigenvalue weighted by Gasteiger charge is 2.22. The number of amides is 1. The molecule has 1 rings (SSSR count). The molecule has 0 aromatic heterocycles. The van der Waals surface area contributed by atoms with Gasteiger partial charge in [-0.1, -0.05) is 12.1 Å². The molecule has 7 nitrogen and oxygen atoms in total. The number of alkyl carbamates (subject to hydrolysis) is 1. The Labute approximate surface area is 123 Å². The monoisotopic (exact) mass is 317 g/mol. The van der Waals surface area contributed by atoms with E-state index in [-0.39, 0.29) is 6.61 Å². The van der Waals surface area contributed by atoms with Crippen LogP contribution < -0.4 is 10.1 Å². The normalized spacial score (nSPS) is 12.5. The summed E-state index contributed by atoms with van der Waals surface area (Å²) < 4.78 is 33.1. The van der Waals surface area contributed by atoms with Gasteiger partial charge in [-0.05, 0) is 24.6 Å². The van der Waals surface area contributed by atoms with E-state index in [1.165, 1.54) is 6.92 Å². The maximum Gasteiger partial charge on any atom is 0.408 e. The SMILES string of the molecule is COc1ccc(COC(=O)NC(C)S(=O)(=O)CCO)cc1. The van der Waals surface area contributed by atoms with Gasteiger partial charge in [0, 0.05) is 0 Å². The fourth-order valence-corrected chi connectivity index (χ4v) is 2.36. The summed E-state index contributed by atoms with van der Waals surface area (Å²) in [6.45, 7) is 0.845. The molecular formula is C13H19NO6S. The van der Waals surface area contributed by atoms with Crippen LogP contribution >= 0.6 is 0 Å². The zero-order chi connectivity index (χ0) is 15.9. The number of rotatable bonds is 7. The van der Waals surface area contributed by atoms with Crippen molar-refractivity contribution in [1.82, 2.24) is 5.32 Å². The van der Waals surface area contributed by atoms with Crippen LogP contribution in [0.15, 0.2) is 24.3 Å². The smallest absolute Gasteiger partial charge is 0.408 e. The number of hydrogen-bond donors (Lipinski definition) is 2. The van der Waals surface area contributed by atoms with E-state index in [0.717, 1.165) is 5.56 Å². The van der Waals surface area contributed by atoms with E-state index in [1.807, 2.05) is 0 Å². The molecule has 21 heavy (non-hydrogen) atoms. The predicted octanol–water partition coefficient (Wildman–Crippen LogP) is 0.674. The molecule has 0 bridgehead atoms. The molecule has 2 N–H and O–H groups in total. The van der Waals surface area contributed by atoms with Gasteiger partial charge in [0.05, 0.1) is 19.5 Å². The van der Waals surface area contributed by atoms with Crippen LogP contribution in [0.1, 0.15) is 12.5 Å². The van der Waals surface area contributed by atoms with Crippen molar-refractivity contribution in [1.29, 1.82) is 0 Å². The molecule has 1 unspecified atom stereocenters. The third kappa shape index (κ3) is 5.60. The second-order valence-corrected chi connectivity index (χ2v) is 6.74. The lowest BCUT2D eigenvalue weighted by Gasteiger charge is -2.14. The van der Waals surface area contributed by atoms with Crippen LogP contribution in [-0.2, 0) is 21.2 Å². The van der Waals surface area contributed by atoms with Crippen LogP contribution in [0.4, 0.5) is 4.79 Å². The molecule has 1 amide bonds. The van der Waals surface area contributed by atoms with Crippen molar-refractivity contribution in [3.63, 3.8) is 0 Å². The summed E-state index contributed by atoms with van der Waals surface area (Å²) in [5.41, 5.74) is 0.747. The van der Waals surface area contributed by atoms with E-state index >= 15 is 0 Å². The second kappa shape index (κ2) is 7.84. The average molecular weight is 317 g/mol. The van der Waals surface area contributed by atoms with E-state index < -0.39 is 33.7 Å². The number of nitrogens with one attached hydrogen (secondary N) is 1. The number of benzene rings is 1. The van der Waals surface area contributed by atoms with Crippen molar-refractivity contribution in [2.75, 3.05) is 19.5 Å². The molecule has 0 radical (unpaired) electrons. The van der Waals surface area contributed by atoms with Crippen LogP contribution in [0.2, 0.25) is 0 Å². The summed E-state index contributed by atoms with van der Waals surface area (Å²) in [5, 5.41) is 9.74. The molecule has 0 saturated carbocycles. The maximum atomic E-state index is 11.6. The second-order valence-electron chi connectivity index (χ2n) is 4.30. The molecule has 1 atom stereocenters. The minimum Gasteiger partial charge on any atom is -0.497 e. The minimum absolute atomic E-state index is 0.0165. The van der Waals surface area contributed by atoms with Gasteiger partial charge in [-0.15, -0.1) is 0 Å². The predicted molar refractivity (Wildman–Crippen MR) is 76.6 cm³/mol. The number of hydrogen-bond acceptors (Lipinski definition) is 6. The Morgan fingerprint density at radius 3 is 2.48 bits per heavy atom. The summed E-state index contributed by atoms with van der Waals surface area (Å²) in [5.74, 6) is 0.277. The Morgan fingerprint density at radius 2 is 1.95 bits per heavy atom. The number of aliphatic hydroxyl groups excluding tert-OH is 1. The largest absolute Gasteiger partial charge is 0.497 e. The zero-order valence-corrected chi connectivity index (χ0v) is 12.7. The lowest BCUT2D eigenvalue weighted by atomic mass is 10.2. The number of methoxy groups -OCH3 is 1. The summed E-state index contributed by atoms with van der Waals surface area (Å²) in [6, 6.07) is 6.92. The Kier molecular flexibility index (Phi) is 6.44. The van der Waals surface area contributed by atoms with Crippen LogP contribution in [0.25, 0.3) is 0 Å². The summed E-state index contributed by atoms with van der Waals surface area (Å²) in [4.78, 5) is 11.5. The van der Waals surface area contributed by atoms with E-state index in [0.29, 0.717) is 5.75 Å². The minimum atomic E-state index is -3.58. The van der Waals surface area contributed by atoms with Gasteiger partial charge in [-0.3, -0.25) is 0 Å². The zero-order valence-electron chi connectivity index (χ0n) is 11.9. The molecule has 118 valence electrons. The maximum absolute atomic E-state index is 11.6. The standard InChI is InChI=1S/C13H19NO6S/c1-10(21(17,18)8-7-15)14-13(16)20-9-11-3-5-12(19-2)6-4-11/h3-6,10,15H,7-9H2,1-2H3,(H,14,16). The summed E-state index contributed by atoms with van der Waals surface area (Å²) >= 11 is 0. The summed E-state index contributed by atoms with van der Waals surface area (Å²) in [6.07, 6.45) is -0.833. The number of carbonyl (C=O) groups is 1. The highest BCUT2D eigenvalue weighted by Crippen LogP contribution is 2.12. The molecule has 0 fully saturated rings. The van der Waals surface area contributed by atoms with Crippen LogP contribution in [-0.4, -0.2) is 44.5 Å². The third-order valence-corrected chi connectivity index (χ3v) is 4.71. The molecule has 0 aliphatic heterocycles. The highest BCUT2D eigenvalue weighted by atomic mass is 32.2. The molecule has 1 aromatic rings. The van der Waals surface area contributed by atoms with E-state index in [1.54, 1.807) is 31.4 Å². The number of aliphatic hydroxyl groups is 1. The first-order chi connectivity index (χ1) is 9.89. The first-order valence-corrected chi connectivity index (χ1v) is 7.99. The van der Waals surface area contributed by atoms with Crippen molar-refractivity contribution in [3.8, 4) is 5.75 Å². The first kappa shape index (κ1) is 17.3. The molecule has 0 heterocycles. The fraction of sp³-hybridized carbons (Fsp3) is 0.462. The van der Waals surface area contributed by atoms with Crippen molar-refractivity contribution >= 4 is 15.9 Å². The molecule has 1 aromatic carbocycles. The molecule has 0 aliphatic rings. The van der Waals surface area contributed by atoms with Crippen LogP contribution in [0, 0.1) is 0 Å². The van der Waals surface area contributed by atoms with Gasteiger partial charge in [-0.25, -0.2) is 13.2 Å². The van der Waals surface area contributed by atoms with E-state index in [4.69, 9.17) is 14.6 Å². The van der Waals surface area contributed by atoms with Gasteiger partial charge < -0.3 is 19.9 Å². The molecule has 0 aliphatic carbocycles. The average Bonchev–Trinajstić information content (AvgIpc) is 2.45. The Morgan fingerprint density at radius 1 is 1.33 bits per heavy atom. The number of carbonyl (C=O) groups excluding carboxylic acids is 1. The Hall–Kier alpha value is -1.80. The number of sulfone groups is 1. The lowest BCUT2D eigenvalue weighted by molar-refractivity contribution is 0.139. The van der Waals surface area contributed by atoms with Gasteiger partial charge in [0.2, 0.25) is 0 Å². The summed E-state index contributed by atoms with van der Waals surface area (Å²) in [7, 11) is -2.03. The van der Waals surface area contributed by atoms with Crippen molar-refractivity contribution in [2.24, 2.45) is 0 Å². The quantitative estimate of drug-likeness (QED) is 0.766. The topological polar surface area (TPSA) is 102 Å². The van der Waals surface area contributed by atoms with Gasteiger partial charge in [0.25, 0.3) is 0 Å². The highest BCUT2D eigenvalue weighted by molar-refractivity contribution is 7.92. The van der Waals surface area contributed by atoms with Crippen LogP contribution in [0.3, 0.4) is 0 Å². The van der Waals surface area contributed by atoms with E-state index in [2.05, 4.69) is 5.32 Å². The molecule has 0 saturated heterocycles. The Balaban J connectivity index is 2.46.